The van der Waals surface area contributed by atoms with E-state index in [-0.39, 0.29) is 24.5 Å². The summed E-state index contributed by atoms with van der Waals surface area (Å²) in [7, 11) is 0. The van der Waals surface area contributed by atoms with Gasteiger partial charge < -0.3 is 19.3 Å². The Kier molecular flexibility index (Phi) is 6.51. The fourth-order valence-corrected chi connectivity index (χ4v) is 2.88. The zero-order chi connectivity index (χ0) is 18.6. The summed E-state index contributed by atoms with van der Waals surface area (Å²) >= 11 is 9.26. The Hall–Kier alpha value is -1.54. The van der Waals surface area contributed by atoms with E-state index in [4.69, 9.17) is 21.1 Å². The van der Waals surface area contributed by atoms with Gasteiger partial charge in [-0.3, -0.25) is 4.79 Å². The molecule has 0 N–H and O–H groups in total. The molecule has 1 aromatic heterocycles. The van der Waals surface area contributed by atoms with Crippen molar-refractivity contribution in [1.29, 1.82) is 0 Å². The number of halogens is 2. The number of carbonyl (C=O) groups is 2. The number of hydrogen-bond donors (Lipinski definition) is 0. The predicted molar refractivity (Wildman–Crippen MR) is 96.8 cm³/mol. The summed E-state index contributed by atoms with van der Waals surface area (Å²) in [6.07, 6.45) is 1.19. The monoisotopic (exact) mass is 433 g/mol. The van der Waals surface area contributed by atoms with Gasteiger partial charge >= 0.3 is 6.09 Å². The van der Waals surface area contributed by atoms with Crippen LogP contribution < -0.4 is 4.74 Å². The summed E-state index contributed by atoms with van der Waals surface area (Å²) in [4.78, 5) is 31.5. The number of ether oxygens (including phenoxy) is 2. The van der Waals surface area contributed by atoms with Crippen molar-refractivity contribution in [3.05, 3.63) is 21.8 Å². The van der Waals surface area contributed by atoms with Crippen molar-refractivity contribution in [1.82, 2.24) is 14.8 Å². The Morgan fingerprint density at radius 1 is 1.24 bits per heavy atom. The van der Waals surface area contributed by atoms with Gasteiger partial charge in [-0.25, -0.2) is 9.78 Å². The molecule has 7 nitrogen and oxygen atoms in total. The highest BCUT2D eigenvalue weighted by molar-refractivity contribution is 9.10. The Labute approximate surface area is 160 Å². The first-order valence-corrected chi connectivity index (χ1v) is 9.02. The maximum Gasteiger partial charge on any atom is 0.410 e. The van der Waals surface area contributed by atoms with E-state index in [1.807, 2.05) is 20.8 Å². The molecule has 0 atom stereocenters. The number of rotatable bonds is 3. The molecule has 138 valence electrons. The van der Waals surface area contributed by atoms with Crippen LogP contribution in [0.25, 0.3) is 0 Å². The van der Waals surface area contributed by atoms with Gasteiger partial charge in [-0.05, 0) is 42.8 Å². The van der Waals surface area contributed by atoms with Crippen LogP contribution in [-0.4, -0.2) is 65.2 Å². The lowest BCUT2D eigenvalue weighted by molar-refractivity contribution is -0.135. The Bertz CT molecular complexity index is 643. The van der Waals surface area contributed by atoms with Crippen LogP contribution in [0.1, 0.15) is 20.8 Å². The number of pyridine rings is 1. The summed E-state index contributed by atoms with van der Waals surface area (Å²) in [5, 5.41) is 0.330. The Morgan fingerprint density at radius 3 is 2.40 bits per heavy atom. The van der Waals surface area contributed by atoms with Crippen LogP contribution in [0.3, 0.4) is 0 Å². The molecule has 0 aliphatic carbocycles. The molecular weight excluding hydrogens is 414 g/mol. The molecule has 25 heavy (non-hydrogen) atoms. The standard InChI is InChI=1S/C16H21BrClN3O4/c1-16(2,3)25-15(23)21-6-4-20(5-7-21)13(22)10-24-14-12(18)8-11(17)9-19-14/h8-9H,4-7,10H2,1-3H3. The normalized spacial score (nSPS) is 15.1. The third-order valence-electron chi connectivity index (χ3n) is 3.39. The Balaban J connectivity index is 1.80. The first-order chi connectivity index (χ1) is 11.7. The summed E-state index contributed by atoms with van der Waals surface area (Å²) < 4.78 is 11.5. The van der Waals surface area contributed by atoms with E-state index in [1.165, 1.54) is 0 Å². The second-order valence-electron chi connectivity index (χ2n) is 6.58. The molecule has 1 fully saturated rings. The average molecular weight is 435 g/mol. The van der Waals surface area contributed by atoms with Crippen LogP contribution in [0.2, 0.25) is 5.02 Å². The molecular formula is C16H21BrClN3O4. The van der Waals surface area contributed by atoms with E-state index in [2.05, 4.69) is 20.9 Å². The second kappa shape index (κ2) is 8.23. The summed E-state index contributed by atoms with van der Waals surface area (Å²) in [6.45, 7) is 7.04. The number of nitrogens with zero attached hydrogens (tertiary/aromatic N) is 3. The van der Waals surface area contributed by atoms with Crippen molar-refractivity contribution in [3.63, 3.8) is 0 Å². The molecule has 1 aliphatic heterocycles. The van der Waals surface area contributed by atoms with E-state index in [0.29, 0.717) is 31.2 Å². The molecule has 1 aliphatic rings. The lowest BCUT2D eigenvalue weighted by atomic mass is 10.2. The predicted octanol–water partition coefficient (Wildman–Crippen LogP) is 2.96. The quantitative estimate of drug-likeness (QED) is 0.731. The van der Waals surface area contributed by atoms with Gasteiger partial charge in [0.05, 0.1) is 0 Å². The fraction of sp³-hybridized carbons (Fsp3) is 0.562. The molecule has 0 aromatic carbocycles. The zero-order valence-electron chi connectivity index (χ0n) is 14.4. The minimum Gasteiger partial charge on any atom is -0.466 e. The summed E-state index contributed by atoms with van der Waals surface area (Å²) in [6, 6.07) is 1.65. The molecule has 1 aromatic rings. The molecule has 1 saturated heterocycles. The van der Waals surface area contributed by atoms with Gasteiger partial charge in [-0.1, -0.05) is 11.6 Å². The van der Waals surface area contributed by atoms with Crippen molar-refractivity contribution in [2.45, 2.75) is 26.4 Å². The van der Waals surface area contributed by atoms with Crippen LogP contribution >= 0.6 is 27.5 Å². The number of hydrogen-bond acceptors (Lipinski definition) is 5. The third-order valence-corrected chi connectivity index (χ3v) is 4.09. The third kappa shape index (κ3) is 6.04. The smallest absolute Gasteiger partial charge is 0.410 e. The van der Waals surface area contributed by atoms with Crippen molar-refractivity contribution in [3.8, 4) is 5.88 Å². The van der Waals surface area contributed by atoms with Crippen LogP contribution in [0.5, 0.6) is 5.88 Å². The van der Waals surface area contributed by atoms with Gasteiger partial charge in [0.25, 0.3) is 5.91 Å². The van der Waals surface area contributed by atoms with Gasteiger partial charge in [0.2, 0.25) is 5.88 Å². The SMILES string of the molecule is CC(C)(C)OC(=O)N1CCN(C(=O)COc2ncc(Br)cc2Cl)CC1. The van der Waals surface area contributed by atoms with Gasteiger partial charge in [0.1, 0.15) is 10.6 Å². The van der Waals surface area contributed by atoms with Crippen molar-refractivity contribution in [2.24, 2.45) is 0 Å². The maximum atomic E-state index is 12.2. The van der Waals surface area contributed by atoms with Gasteiger partial charge in [0, 0.05) is 36.8 Å². The lowest BCUT2D eigenvalue weighted by Gasteiger charge is -2.35. The molecule has 2 amide bonds. The molecule has 0 spiro atoms. The zero-order valence-corrected chi connectivity index (χ0v) is 16.8. The minimum absolute atomic E-state index is 0.152. The van der Waals surface area contributed by atoms with E-state index in [1.54, 1.807) is 22.1 Å². The van der Waals surface area contributed by atoms with Gasteiger partial charge in [0.15, 0.2) is 6.61 Å². The van der Waals surface area contributed by atoms with E-state index < -0.39 is 5.60 Å². The molecule has 0 saturated carbocycles. The number of amides is 2. The summed E-state index contributed by atoms with van der Waals surface area (Å²) in [5.41, 5.74) is -0.533. The Morgan fingerprint density at radius 2 is 1.84 bits per heavy atom. The van der Waals surface area contributed by atoms with Gasteiger partial charge in [-0.2, -0.15) is 0 Å². The van der Waals surface area contributed by atoms with Crippen molar-refractivity contribution < 1.29 is 19.1 Å². The molecule has 0 radical (unpaired) electrons. The highest BCUT2D eigenvalue weighted by Crippen LogP contribution is 2.24. The van der Waals surface area contributed by atoms with Crippen molar-refractivity contribution >= 4 is 39.5 Å². The fourth-order valence-electron chi connectivity index (χ4n) is 2.19. The molecule has 2 rings (SSSR count). The summed E-state index contributed by atoms with van der Waals surface area (Å²) in [5.74, 6) is 0.0373. The van der Waals surface area contributed by atoms with E-state index in [9.17, 15) is 9.59 Å². The van der Waals surface area contributed by atoms with Crippen LogP contribution in [0.4, 0.5) is 4.79 Å². The van der Waals surface area contributed by atoms with Crippen LogP contribution in [-0.2, 0) is 9.53 Å². The van der Waals surface area contributed by atoms with Crippen LogP contribution in [0.15, 0.2) is 16.7 Å². The molecule has 2 heterocycles. The minimum atomic E-state index is -0.533. The molecule has 9 heteroatoms. The molecule has 0 bridgehead atoms. The van der Waals surface area contributed by atoms with Crippen molar-refractivity contribution in [2.75, 3.05) is 32.8 Å². The highest BCUT2D eigenvalue weighted by Gasteiger charge is 2.27. The number of aromatic nitrogens is 1. The number of carbonyl (C=O) groups excluding carboxylic acids is 2. The maximum absolute atomic E-state index is 12.2. The second-order valence-corrected chi connectivity index (χ2v) is 7.90. The lowest BCUT2D eigenvalue weighted by Crippen LogP contribution is -2.52. The first-order valence-electron chi connectivity index (χ1n) is 7.85. The first kappa shape index (κ1) is 19.8. The highest BCUT2D eigenvalue weighted by atomic mass is 79.9. The van der Waals surface area contributed by atoms with Crippen LogP contribution in [0, 0.1) is 0 Å². The van der Waals surface area contributed by atoms with E-state index in [0.717, 1.165) is 4.47 Å². The van der Waals surface area contributed by atoms with Gasteiger partial charge in [-0.15, -0.1) is 0 Å². The largest absolute Gasteiger partial charge is 0.466 e. The topological polar surface area (TPSA) is 72.0 Å². The number of piperazine rings is 1. The molecule has 0 unspecified atom stereocenters. The average Bonchev–Trinajstić information content (AvgIpc) is 2.52. The van der Waals surface area contributed by atoms with E-state index >= 15 is 0 Å².